The molecule has 7 nitrogen and oxygen atoms in total. The fraction of sp³-hybridized carbons (Fsp3) is 0.412. The van der Waals surface area contributed by atoms with Gasteiger partial charge < -0.3 is 24.8 Å². The van der Waals surface area contributed by atoms with Crippen molar-refractivity contribution in [3.05, 3.63) is 29.3 Å². The van der Waals surface area contributed by atoms with Crippen LogP contribution in [0.4, 0.5) is 8.78 Å². The van der Waals surface area contributed by atoms with Gasteiger partial charge in [0.05, 0.1) is 0 Å². The molecular weight excluding hydrogens is 537 g/mol. The molecule has 0 aliphatic carbocycles. The van der Waals surface area contributed by atoms with Crippen LogP contribution in [0.3, 0.4) is 0 Å². The van der Waals surface area contributed by atoms with Crippen LogP contribution in [0, 0.1) is 0 Å². The average Bonchev–Trinajstić information content (AvgIpc) is 3.34. The molecule has 1 aromatic carbocycles. The molecule has 1 aliphatic rings. The summed E-state index contributed by atoms with van der Waals surface area (Å²) in [6, 6.07) is 3.04. The molecule has 0 saturated heterocycles. The monoisotopic (exact) mass is 558 g/mol. The third-order valence-electron chi connectivity index (χ3n) is 3.69. The van der Waals surface area contributed by atoms with E-state index in [9.17, 15) is 8.78 Å². The lowest BCUT2D eigenvalue weighted by molar-refractivity contribution is -0.0505. The number of nitrogens with one attached hydrogen (secondary N) is 2. The lowest BCUT2D eigenvalue weighted by Crippen LogP contribution is -2.37. The molecule has 0 saturated carbocycles. The standard InChI is InChI=1S/C17H20F2N4O3S2.HI/c1-20-16(21-3-2-5-27-17-22-4-6-28-17)23-9-11-7-13-14(25-10-24-13)8-12(11)26-15(18)19;/h4,6-8,15H,2-3,5,9-10H2,1H3,(H2,20,21,23);1H. The summed E-state index contributed by atoms with van der Waals surface area (Å²) in [4.78, 5) is 8.37. The summed E-state index contributed by atoms with van der Waals surface area (Å²) >= 11 is 3.33. The topological polar surface area (TPSA) is 77.0 Å². The minimum atomic E-state index is -2.92. The second-order valence-electron chi connectivity index (χ2n) is 5.54. The van der Waals surface area contributed by atoms with Crippen LogP contribution >= 0.6 is 47.1 Å². The van der Waals surface area contributed by atoms with E-state index in [-0.39, 0.29) is 43.1 Å². The number of rotatable bonds is 9. The summed E-state index contributed by atoms with van der Waals surface area (Å²) in [5, 5.41) is 8.24. The summed E-state index contributed by atoms with van der Waals surface area (Å²) < 4.78 is 41.6. The summed E-state index contributed by atoms with van der Waals surface area (Å²) in [5.74, 6) is 2.44. The van der Waals surface area contributed by atoms with Crippen molar-refractivity contribution in [2.45, 2.75) is 23.9 Å². The highest BCUT2D eigenvalue weighted by molar-refractivity contribution is 14.0. The van der Waals surface area contributed by atoms with Gasteiger partial charge in [0.1, 0.15) is 10.1 Å². The number of alkyl halides is 2. The van der Waals surface area contributed by atoms with E-state index in [1.54, 1.807) is 42.4 Å². The molecule has 3 rings (SSSR count). The van der Waals surface area contributed by atoms with Gasteiger partial charge in [0.15, 0.2) is 17.5 Å². The second kappa shape index (κ2) is 12.2. The fourth-order valence-corrected chi connectivity index (χ4v) is 4.08. The van der Waals surface area contributed by atoms with Gasteiger partial charge in [-0.3, -0.25) is 4.99 Å². The third-order valence-corrected chi connectivity index (χ3v) is 5.74. The van der Waals surface area contributed by atoms with Crippen LogP contribution in [0.5, 0.6) is 17.2 Å². The number of aromatic nitrogens is 1. The predicted molar refractivity (Wildman–Crippen MR) is 120 cm³/mol. The van der Waals surface area contributed by atoms with Crippen LogP contribution < -0.4 is 24.8 Å². The first-order valence-electron chi connectivity index (χ1n) is 8.50. The van der Waals surface area contributed by atoms with Crippen molar-refractivity contribution in [2.75, 3.05) is 26.1 Å². The zero-order chi connectivity index (χ0) is 19.8. The Labute approximate surface area is 192 Å². The van der Waals surface area contributed by atoms with Gasteiger partial charge >= 0.3 is 6.61 Å². The van der Waals surface area contributed by atoms with E-state index < -0.39 is 6.61 Å². The van der Waals surface area contributed by atoms with Gasteiger partial charge in [-0.1, -0.05) is 11.8 Å². The number of thiazole rings is 1. The molecule has 2 aromatic rings. The lowest BCUT2D eigenvalue weighted by Gasteiger charge is -2.15. The SMILES string of the molecule is CN=C(NCCCSc1nccs1)NCc1cc2c(cc1OC(F)F)OCO2.I. The van der Waals surface area contributed by atoms with Gasteiger partial charge in [0.2, 0.25) is 6.79 Å². The maximum atomic E-state index is 12.7. The highest BCUT2D eigenvalue weighted by Gasteiger charge is 2.20. The largest absolute Gasteiger partial charge is 0.454 e. The van der Waals surface area contributed by atoms with Crippen molar-refractivity contribution in [3.63, 3.8) is 0 Å². The molecule has 160 valence electrons. The van der Waals surface area contributed by atoms with Crippen molar-refractivity contribution in [1.29, 1.82) is 0 Å². The maximum absolute atomic E-state index is 12.7. The van der Waals surface area contributed by atoms with E-state index in [2.05, 4.69) is 25.3 Å². The molecule has 1 aliphatic heterocycles. The Morgan fingerprint density at radius 2 is 2.14 bits per heavy atom. The summed E-state index contributed by atoms with van der Waals surface area (Å²) in [7, 11) is 1.65. The molecule has 0 spiro atoms. The van der Waals surface area contributed by atoms with E-state index in [1.165, 1.54) is 6.07 Å². The first-order chi connectivity index (χ1) is 13.7. The molecule has 1 aromatic heterocycles. The number of halogens is 3. The number of nitrogens with zero attached hydrogens (tertiary/aromatic N) is 2. The molecule has 0 atom stereocenters. The van der Waals surface area contributed by atoms with Crippen molar-refractivity contribution in [1.82, 2.24) is 15.6 Å². The molecular formula is C17H21F2IN4O3S2. The number of ether oxygens (including phenoxy) is 3. The van der Waals surface area contributed by atoms with E-state index in [1.807, 2.05) is 5.38 Å². The van der Waals surface area contributed by atoms with Gasteiger partial charge in [-0.05, 0) is 12.5 Å². The van der Waals surface area contributed by atoms with Crippen LogP contribution in [0.1, 0.15) is 12.0 Å². The Bertz CT molecular complexity index is 797. The summed E-state index contributed by atoms with van der Waals surface area (Å²) in [5.41, 5.74) is 0.520. The molecule has 12 heteroatoms. The number of hydrogen-bond donors (Lipinski definition) is 2. The molecule has 0 bridgehead atoms. The molecule has 29 heavy (non-hydrogen) atoms. The minimum absolute atomic E-state index is 0. The third kappa shape index (κ3) is 7.33. The van der Waals surface area contributed by atoms with Crippen LogP contribution in [-0.2, 0) is 6.54 Å². The van der Waals surface area contributed by atoms with E-state index in [0.717, 1.165) is 23.1 Å². The Morgan fingerprint density at radius 1 is 1.34 bits per heavy atom. The summed E-state index contributed by atoms with van der Waals surface area (Å²) in [6.07, 6.45) is 2.72. The highest BCUT2D eigenvalue weighted by Crippen LogP contribution is 2.38. The van der Waals surface area contributed by atoms with Crippen molar-refractivity contribution >= 4 is 53.0 Å². The Balaban J connectivity index is 0.00000300. The number of guanidine groups is 1. The van der Waals surface area contributed by atoms with Gasteiger partial charge in [-0.15, -0.1) is 35.3 Å². The quantitative estimate of drug-likeness (QED) is 0.159. The molecule has 2 heterocycles. The number of fused-ring (bicyclic) bond motifs is 1. The van der Waals surface area contributed by atoms with Crippen molar-refractivity contribution < 1.29 is 23.0 Å². The van der Waals surface area contributed by atoms with Gasteiger partial charge in [0, 0.05) is 49.1 Å². The average molecular weight is 558 g/mol. The fourth-order valence-electron chi connectivity index (χ4n) is 2.43. The Hall–Kier alpha value is -1.54. The van der Waals surface area contributed by atoms with Crippen molar-refractivity contribution in [3.8, 4) is 17.2 Å². The molecule has 0 radical (unpaired) electrons. The number of aliphatic imine (C=N–C) groups is 1. The van der Waals surface area contributed by atoms with Crippen molar-refractivity contribution in [2.24, 2.45) is 4.99 Å². The number of thioether (sulfide) groups is 1. The summed E-state index contributed by atoms with van der Waals surface area (Å²) in [6.45, 7) is -1.90. The second-order valence-corrected chi connectivity index (χ2v) is 7.78. The first-order valence-corrected chi connectivity index (χ1v) is 10.4. The Morgan fingerprint density at radius 3 is 2.83 bits per heavy atom. The normalized spacial score (nSPS) is 12.6. The number of benzene rings is 1. The van der Waals surface area contributed by atoms with Crippen LogP contribution in [0.15, 0.2) is 33.0 Å². The smallest absolute Gasteiger partial charge is 0.387 e. The molecule has 0 unspecified atom stereocenters. The predicted octanol–water partition coefficient (Wildman–Crippen LogP) is 3.94. The van der Waals surface area contributed by atoms with Crippen LogP contribution in [0.25, 0.3) is 0 Å². The Kier molecular flexibility index (Phi) is 10.0. The van der Waals surface area contributed by atoms with E-state index in [4.69, 9.17) is 9.47 Å². The molecule has 0 fully saturated rings. The van der Waals surface area contributed by atoms with Gasteiger partial charge in [-0.2, -0.15) is 8.78 Å². The van der Waals surface area contributed by atoms with E-state index >= 15 is 0 Å². The zero-order valence-electron chi connectivity index (χ0n) is 15.5. The number of hydrogen-bond acceptors (Lipinski definition) is 7. The lowest BCUT2D eigenvalue weighted by atomic mass is 10.1. The molecule has 2 N–H and O–H groups in total. The zero-order valence-corrected chi connectivity index (χ0v) is 19.5. The maximum Gasteiger partial charge on any atom is 0.387 e. The van der Waals surface area contributed by atoms with Gasteiger partial charge in [0.25, 0.3) is 0 Å². The highest BCUT2D eigenvalue weighted by atomic mass is 127. The molecule has 0 amide bonds. The van der Waals surface area contributed by atoms with E-state index in [0.29, 0.717) is 23.0 Å². The first kappa shape index (κ1) is 23.7. The van der Waals surface area contributed by atoms with Crippen LogP contribution in [0.2, 0.25) is 0 Å². The van der Waals surface area contributed by atoms with Crippen LogP contribution in [-0.4, -0.2) is 43.7 Å². The van der Waals surface area contributed by atoms with Gasteiger partial charge in [-0.25, -0.2) is 4.98 Å². The minimum Gasteiger partial charge on any atom is -0.454 e.